The van der Waals surface area contributed by atoms with E-state index in [-0.39, 0.29) is 24.2 Å². The van der Waals surface area contributed by atoms with Gasteiger partial charge in [0.1, 0.15) is 0 Å². The lowest BCUT2D eigenvalue weighted by atomic mass is 9.88. The second-order valence-corrected chi connectivity index (χ2v) is 7.79. The Bertz CT molecular complexity index is 1030. The number of nitrogens with zero attached hydrogens (tertiary/aromatic N) is 1. The average Bonchev–Trinajstić information content (AvgIpc) is 2.84. The van der Waals surface area contributed by atoms with Gasteiger partial charge in [-0.05, 0) is 42.3 Å². The molecule has 0 saturated carbocycles. The van der Waals surface area contributed by atoms with E-state index in [0.29, 0.717) is 30.8 Å². The third kappa shape index (κ3) is 6.77. The number of hydrogen-bond acceptors (Lipinski definition) is 3. The van der Waals surface area contributed by atoms with Gasteiger partial charge in [-0.15, -0.1) is 0 Å². The van der Waals surface area contributed by atoms with Crippen molar-refractivity contribution >= 4 is 23.4 Å². The first-order chi connectivity index (χ1) is 16.0. The van der Waals surface area contributed by atoms with Crippen molar-refractivity contribution < 1.29 is 14.4 Å². The first kappa shape index (κ1) is 23.7. The number of rotatable bonds is 10. The van der Waals surface area contributed by atoms with Crippen LogP contribution in [0.2, 0.25) is 0 Å². The van der Waals surface area contributed by atoms with E-state index >= 15 is 0 Å². The molecule has 33 heavy (non-hydrogen) atoms. The summed E-state index contributed by atoms with van der Waals surface area (Å²) in [5.41, 5.74) is 8.36. The van der Waals surface area contributed by atoms with Gasteiger partial charge >= 0.3 is 0 Å². The highest BCUT2D eigenvalue weighted by Crippen LogP contribution is 2.28. The fraction of sp³-hybridized carbons (Fsp3) is 0.222. The summed E-state index contributed by atoms with van der Waals surface area (Å²) in [7, 11) is 0. The molecule has 0 saturated heterocycles. The lowest BCUT2D eigenvalue weighted by Gasteiger charge is -2.24. The molecule has 0 atom stereocenters. The van der Waals surface area contributed by atoms with Gasteiger partial charge in [0.2, 0.25) is 17.7 Å². The van der Waals surface area contributed by atoms with Crippen molar-refractivity contribution in [3.05, 3.63) is 102 Å². The van der Waals surface area contributed by atoms with Crippen LogP contribution in [-0.4, -0.2) is 35.7 Å². The lowest BCUT2D eigenvalue weighted by Crippen LogP contribution is -2.34. The van der Waals surface area contributed by atoms with Gasteiger partial charge in [-0.3, -0.25) is 14.4 Å². The molecule has 0 radical (unpaired) electrons. The van der Waals surface area contributed by atoms with E-state index in [1.807, 2.05) is 67.6 Å². The Morgan fingerprint density at radius 3 is 1.88 bits per heavy atom. The van der Waals surface area contributed by atoms with E-state index < -0.39 is 5.91 Å². The summed E-state index contributed by atoms with van der Waals surface area (Å²) >= 11 is 0. The van der Waals surface area contributed by atoms with Gasteiger partial charge in [0.05, 0.1) is 0 Å². The molecule has 0 aromatic heterocycles. The minimum absolute atomic E-state index is 0.00816. The minimum Gasteiger partial charge on any atom is -0.366 e. The van der Waals surface area contributed by atoms with Crippen LogP contribution in [0.3, 0.4) is 0 Å². The van der Waals surface area contributed by atoms with Crippen LogP contribution < -0.4 is 11.1 Å². The summed E-state index contributed by atoms with van der Waals surface area (Å²) in [6.45, 7) is 2.77. The zero-order chi connectivity index (χ0) is 23.6. The number of nitrogens with two attached hydrogens (primary N) is 1. The maximum absolute atomic E-state index is 13.2. The number of benzene rings is 3. The highest BCUT2D eigenvalue weighted by molar-refractivity contribution is 5.95. The van der Waals surface area contributed by atoms with Crippen molar-refractivity contribution in [2.75, 3.05) is 18.4 Å². The van der Waals surface area contributed by atoms with Crippen molar-refractivity contribution in [1.29, 1.82) is 0 Å². The smallest absolute Gasteiger partial charge is 0.248 e. The summed E-state index contributed by atoms with van der Waals surface area (Å²) < 4.78 is 0. The van der Waals surface area contributed by atoms with Crippen LogP contribution in [0.5, 0.6) is 0 Å². The molecule has 0 aliphatic heterocycles. The Balaban J connectivity index is 1.61. The molecule has 0 aliphatic rings. The number of carbonyl (C=O) groups excluding carboxylic acids is 3. The van der Waals surface area contributed by atoms with Gasteiger partial charge in [-0.25, -0.2) is 0 Å². The fourth-order valence-corrected chi connectivity index (χ4v) is 3.74. The molecule has 6 nitrogen and oxygen atoms in total. The van der Waals surface area contributed by atoms with Crippen LogP contribution in [0, 0.1) is 0 Å². The van der Waals surface area contributed by atoms with Crippen molar-refractivity contribution in [3.63, 3.8) is 0 Å². The second-order valence-electron chi connectivity index (χ2n) is 7.79. The largest absolute Gasteiger partial charge is 0.366 e. The fourth-order valence-electron chi connectivity index (χ4n) is 3.74. The monoisotopic (exact) mass is 443 g/mol. The van der Waals surface area contributed by atoms with Crippen LogP contribution in [0.1, 0.15) is 47.2 Å². The maximum Gasteiger partial charge on any atom is 0.248 e. The minimum atomic E-state index is -0.519. The first-order valence-corrected chi connectivity index (χ1v) is 11.0. The molecule has 3 N–H and O–H groups in total. The first-order valence-electron chi connectivity index (χ1n) is 11.0. The molecule has 0 heterocycles. The molecule has 0 unspecified atom stereocenters. The van der Waals surface area contributed by atoms with Crippen molar-refractivity contribution in [2.45, 2.75) is 25.7 Å². The van der Waals surface area contributed by atoms with Crippen LogP contribution in [0.4, 0.5) is 5.69 Å². The van der Waals surface area contributed by atoms with E-state index in [2.05, 4.69) is 5.32 Å². The molecule has 0 fully saturated rings. The summed E-state index contributed by atoms with van der Waals surface area (Å²) in [5, 5.41) is 2.79. The average molecular weight is 444 g/mol. The molecular formula is C27H29N3O3. The highest BCUT2D eigenvalue weighted by atomic mass is 16.2. The Morgan fingerprint density at radius 2 is 1.39 bits per heavy atom. The third-order valence-corrected chi connectivity index (χ3v) is 5.58. The number of carbonyl (C=O) groups is 3. The number of primary amides is 1. The van der Waals surface area contributed by atoms with Crippen LogP contribution in [0.15, 0.2) is 84.9 Å². The molecule has 3 rings (SSSR count). The predicted octanol–water partition coefficient (Wildman–Crippen LogP) is 4.18. The number of hydrogen-bond donors (Lipinski definition) is 2. The molecule has 3 amide bonds. The predicted molar refractivity (Wildman–Crippen MR) is 130 cm³/mol. The number of amides is 3. The Hall–Kier alpha value is -3.93. The summed E-state index contributed by atoms with van der Waals surface area (Å²) in [6.07, 6.45) is 0.510. The van der Waals surface area contributed by atoms with Crippen molar-refractivity contribution in [1.82, 2.24) is 4.90 Å². The van der Waals surface area contributed by atoms with Gasteiger partial charge in [-0.2, -0.15) is 0 Å². The maximum atomic E-state index is 13.2. The van der Waals surface area contributed by atoms with E-state index in [9.17, 15) is 14.4 Å². The number of nitrogens with one attached hydrogen (secondary N) is 1. The highest BCUT2D eigenvalue weighted by Gasteiger charge is 2.22. The zero-order valence-corrected chi connectivity index (χ0v) is 18.7. The Kier molecular flexibility index (Phi) is 8.36. The van der Waals surface area contributed by atoms with Gasteiger partial charge in [0.15, 0.2) is 0 Å². The number of anilines is 1. The molecule has 3 aromatic carbocycles. The van der Waals surface area contributed by atoms with Gasteiger partial charge < -0.3 is 16.0 Å². The molecule has 0 aliphatic carbocycles. The Labute approximate surface area is 194 Å². The SMILES string of the molecule is CCN(CCC(=O)Nc1ccc(C(N)=O)cc1)C(=O)CC(c1ccccc1)c1ccccc1. The molecule has 0 spiro atoms. The summed E-state index contributed by atoms with van der Waals surface area (Å²) in [6, 6.07) is 26.4. The molecule has 3 aromatic rings. The standard InChI is InChI=1S/C27H29N3O3/c1-2-30(18-17-25(31)29-23-15-13-22(14-16-23)27(28)33)26(32)19-24(20-9-5-3-6-10-20)21-11-7-4-8-12-21/h3-16,24H,2,17-19H2,1H3,(H2,28,33)(H,29,31). The molecule has 0 bridgehead atoms. The molecular weight excluding hydrogens is 414 g/mol. The Morgan fingerprint density at radius 1 is 0.848 bits per heavy atom. The van der Waals surface area contributed by atoms with Gasteiger partial charge in [0.25, 0.3) is 0 Å². The van der Waals surface area contributed by atoms with E-state index in [0.717, 1.165) is 11.1 Å². The third-order valence-electron chi connectivity index (χ3n) is 5.58. The van der Waals surface area contributed by atoms with E-state index in [1.165, 1.54) is 0 Å². The van der Waals surface area contributed by atoms with Gasteiger partial charge in [0, 0.05) is 43.1 Å². The molecule has 170 valence electrons. The van der Waals surface area contributed by atoms with Crippen LogP contribution in [0.25, 0.3) is 0 Å². The van der Waals surface area contributed by atoms with Crippen LogP contribution >= 0.6 is 0 Å². The van der Waals surface area contributed by atoms with Gasteiger partial charge in [-0.1, -0.05) is 60.7 Å². The van der Waals surface area contributed by atoms with Crippen molar-refractivity contribution in [3.8, 4) is 0 Å². The normalized spacial score (nSPS) is 10.6. The lowest BCUT2D eigenvalue weighted by molar-refractivity contribution is -0.131. The van der Waals surface area contributed by atoms with Crippen LogP contribution in [-0.2, 0) is 9.59 Å². The van der Waals surface area contributed by atoms with E-state index in [1.54, 1.807) is 29.2 Å². The zero-order valence-electron chi connectivity index (χ0n) is 18.7. The topological polar surface area (TPSA) is 92.5 Å². The summed E-state index contributed by atoms with van der Waals surface area (Å²) in [5.74, 6) is -0.759. The second kappa shape index (κ2) is 11.6. The van der Waals surface area contributed by atoms with Crippen molar-refractivity contribution in [2.24, 2.45) is 5.73 Å². The molecule has 6 heteroatoms. The van der Waals surface area contributed by atoms with E-state index in [4.69, 9.17) is 5.73 Å². The summed E-state index contributed by atoms with van der Waals surface area (Å²) in [4.78, 5) is 38.4. The quantitative estimate of drug-likeness (QED) is 0.492.